The van der Waals surface area contributed by atoms with Crippen molar-refractivity contribution in [2.75, 3.05) is 32.7 Å². The number of hydrogen-bond donors (Lipinski definition) is 1. The molecule has 0 aromatic carbocycles. The predicted octanol–water partition coefficient (Wildman–Crippen LogP) is 1.08. The van der Waals surface area contributed by atoms with Crippen LogP contribution in [0.1, 0.15) is 26.2 Å². The summed E-state index contributed by atoms with van der Waals surface area (Å²) < 4.78 is 0. The third-order valence-electron chi connectivity index (χ3n) is 3.59. The van der Waals surface area contributed by atoms with E-state index >= 15 is 0 Å². The number of nitrogens with zero attached hydrogens (tertiary/aromatic N) is 1. The van der Waals surface area contributed by atoms with Crippen LogP contribution in [-0.4, -0.2) is 37.6 Å². The molecule has 0 aromatic rings. The topological polar surface area (TPSA) is 15.3 Å². The van der Waals surface area contributed by atoms with Crippen LogP contribution in [0.4, 0.5) is 0 Å². The maximum atomic E-state index is 3.49. The van der Waals surface area contributed by atoms with Gasteiger partial charge < -0.3 is 10.2 Å². The molecule has 0 amide bonds. The van der Waals surface area contributed by atoms with Crippen LogP contribution in [0.15, 0.2) is 0 Å². The first-order valence-electron chi connectivity index (χ1n) is 5.28. The molecule has 0 saturated carbocycles. The first-order chi connectivity index (χ1) is 5.85. The summed E-state index contributed by atoms with van der Waals surface area (Å²) in [6, 6.07) is 0. The molecule has 0 aromatic heterocycles. The minimum atomic E-state index is 0.625. The average molecular weight is 168 g/mol. The van der Waals surface area contributed by atoms with E-state index in [2.05, 4.69) is 17.1 Å². The van der Waals surface area contributed by atoms with Crippen molar-refractivity contribution < 1.29 is 0 Å². The van der Waals surface area contributed by atoms with Gasteiger partial charge in [-0.25, -0.2) is 0 Å². The first kappa shape index (κ1) is 8.52. The summed E-state index contributed by atoms with van der Waals surface area (Å²) in [6.07, 6.45) is 4.16. The van der Waals surface area contributed by atoms with E-state index in [1.807, 2.05) is 0 Å². The Balaban J connectivity index is 1.87. The van der Waals surface area contributed by atoms with Gasteiger partial charge in [-0.3, -0.25) is 0 Å². The third kappa shape index (κ3) is 1.50. The van der Waals surface area contributed by atoms with E-state index in [0.717, 1.165) is 0 Å². The van der Waals surface area contributed by atoms with E-state index in [0.29, 0.717) is 5.41 Å². The molecule has 2 heterocycles. The van der Waals surface area contributed by atoms with Crippen LogP contribution in [0.3, 0.4) is 0 Å². The molecular formula is C10H20N2. The number of hydrogen-bond acceptors (Lipinski definition) is 2. The minimum Gasteiger partial charge on any atom is -0.316 e. The van der Waals surface area contributed by atoms with Crippen LogP contribution in [0.5, 0.6) is 0 Å². The van der Waals surface area contributed by atoms with Gasteiger partial charge in [0.2, 0.25) is 0 Å². The summed E-state index contributed by atoms with van der Waals surface area (Å²) in [5.74, 6) is 0. The number of likely N-dealkylation sites (tertiary alicyclic amines) is 1. The highest BCUT2D eigenvalue weighted by molar-refractivity contribution is 4.90. The largest absolute Gasteiger partial charge is 0.316 e. The summed E-state index contributed by atoms with van der Waals surface area (Å²) in [4.78, 5) is 2.61. The SMILES string of the molecule is CCC1(CN2CCC2)CCNC1. The Morgan fingerprint density at radius 2 is 2.25 bits per heavy atom. The first-order valence-corrected chi connectivity index (χ1v) is 5.28. The van der Waals surface area contributed by atoms with E-state index in [4.69, 9.17) is 0 Å². The smallest absolute Gasteiger partial charge is 0.00505 e. The van der Waals surface area contributed by atoms with Crippen molar-refractivity contribution >= 4 is 0 Å². The molecule has 2 heteroatoms. The zero-order chi connectivity index (χ0) is 8.44. The van der Waals surface area contributed by atoms with E-state index < -0.39 is 0 Å². The lowest BCUT2D eigenvalue weighted by Crippen LogP contribution is -2.45. The van der Waals surface area contributed by atoms with Gasteiger partial charge in [-0.2, -0.15) is 0 Å². The maximum absolute atomic E-state index is 3.49. The van der Waals surface area contributed by atoms with Crippen molar-refractivity contribution in [3.63, 3.8) is 0 Å². The Labute approximate surface area is 75.3 Å². The molecule has 2 rings (SSSR count). The van der Waals surface area contributed by atoms with Gasteiger partial charge in [-0.15, -0.1) is 0 Å². The molecule has 0 bridgehead atoms. The second-order valence-electron chi connectivity index (χ2n) is 4.41. The molecule has 2 aliphatic heterocycles. The van der Waals surface area contributed by atoms with Gasteiger partial charge in [0.15, 0.2) is 0 Å². The van der Waals surface area contributed by atoms with E-state index in [9.17, 15) is 0 Å². The molecule has 2 nitrogen and oxygen atoms in total. The molecule has 0 radical (unpaired) electrons. The van der Waals surface area contributed by atoms with Crippen LogP contribution in [-0.2, 0) is 0 Å². The Hall–Kier alpha value is -0.0800. The fourth-order valence-corrected chi connectivity index (χ4v) is 2.36. The number of rotatable bonds is 3. The summed E-state index contributed by atoms with van der Waals surface area (Å²) >= 11 is 0. The summed E-state index contributed by atoms with van der Waals surface area (Å²) in [5.41, 5.74) is 0.625. The van der Waals surface area contributed by atoms with Gasteiger partial charge in [0.1, 0.15) is 0 Å². The van der Waals surface area contributed by atoms with Crippen molar-refractivity contribution in [3.8, 4) is 0 Å². The Morgan fingerprint density at radius 3 is 2.67 bits per heavy atom. The summed E-state index contributed by atoms with van der Waals surface area (Å²) in [5, 5.41) is 3.49. The van der Waals surface area contributed by atoms with Gasteiger partial charge >= 0.3 is 0 Å². The predicted molar refractivity (Wildman–Crippen MR) is 51.3 cm³/mol. The van der Waals surface area contributed by atoms with Crippen LogP contribution >= 0.6 is 0 Å². The fourth-order valence-electron chi connectivity index (χ4n) is 2.36. The molecular weight excluding hydrogens is 148 g/mol. The zero-order valence-electron chi connectivity index (χ0n) is 8.10. The number of nitrogens with one attached hydrogen (secondary N) is 1. The molecule has 70 valence electrons. The third-order valence-corrected chi connectivity index (χ3v) is 3.59. The minimum absolute atomic E-state index is 0.625. The highest BCUT2D eigenvalue weighted by atomic mass is 15.2. The van der Waals surface area contributed by atoms with Crippen molar-refractivity contribution in [2.45, 2.75) is 26.2 Å². The van der Waals surface area contributed by atoms with Crippen molar-refractivity contribution in [3.05, 3.63) is 0 Å². The Kier molecular flexibility index (Phi) is 2.37. The highest BCUT2D eigenvalue weighted by Crippen LogP contribution is 2.31. The Bertz CT molecular complexity index is 146. The molecule has 2 aliphatic rings. The normalized spacial score (nSPS) is 36.8. The highest BCUT2D eigenvalue weighted by Gasteiger charge is 2.34. The molecule has 12 heavy (non-hydrogen) atoms. The molecule has 2 saturated heterocycles. The molecule has 0 aliphatic carbocycles. The quantitative estimate of drug-likeness (QED) is 0.678. The molecule has 1 unspecified atom stereocenters. The average Bonchev–Trinajstić information content (AvgIpc) is 2.46. The standard InChI is InChI=1S/C10H20N2/c1-2-10(4-5-11-8-10)9-12-6-3-7-12/h11H,2-9H2,1H3. The van der Waals surface area contributed by atoms with Crippen molar-refractivity contribution in [2.24, 2.45) is 5.41 Å². The van der Waals surface area contributed by atoms with Crippen LogP contribution in [0.25, 0.3) is 0 Å². The zero-order valence-corrected chi connectivity index (χ0v) is 8.10. The monoisotopic (exact) mass is 168 g/mol. The van der Waals surface area contributed by atoms with E-state index in [1.165, 1.54) is 52.0 Å². The fraction of sp³-hybridized carbons (Fsp3) is 1.00. The molecule has 1 atom stereocenters. The van der Waals surface area contributed by atoms with Gasteiger partial charge in [0, 0.05) is 13.1 Å². The van der Waals surface area contributed by atoms with Crippen LogP contribution in [0.2, 0.25) is 0 Å². The van der Waals surface area contributed by atoms with Gasteiger partial charge in [0.05, 0.1) is 0 Å². The summed E-state index contributed by atoms with van der Waals surface area (Å²) in [7, 11) is 0. The molecule has 2 fully saturated rings. The van der Waals surface area contributed by atoms with Gasteiger partial charge in [0.25, 0.3) is 0 Å². The van der Waals surface area contributed by atoms with Crippen molar-refractivity contribution in [1.29, 1.82) is 0 Å². The van der Waals surface area contributed by atoms with E-state index in [-0.39, 0.29) is 0 Å². The van der Waals surface area contributed by atoms with E-state index in [1.54, 1.807) is 0 Å². The molecule has 0 spiro atoms. The lowest BCUT2D eigenvalue weighted by atomic mass is 9.83. The molecule has 1 N–H and O–H groups in total. The maximum Gasteiger partial charge on any atom is 0.00505 e. The van der Waals surface area contributed by atoms with Crippen LogP contribution < -0.4 is 5.32 Å². The summed E-state index contributed by atoms with van der Waals surface area (Å²) in [6.45, 7) is 8.87. The van der Waals surface area contributed by atoms with Gasteiger partial charge in [-0.1, -0.05) is 6.92 Å². The lowest BCUT2D eigenvalue weighted by molar-refractivity contribution is 0.103. The van der Waals surface area contributed by atoms with Gasteiger partial charge in [-0.05, 0) is 44.3 Å². The Morgan fingerprint density at radius 1 is 1.42 bits per heavy atom. The van der Waals surface area contributed by atoms with Crippen molar-refractivity contribution in [1.82, 2.24) is 10.2 Å². The second-order valence-corrected chi connectivity index (χ2v) is 4.41. The van der Waals surface area contributed by atoms with Crippen LogP contribution in [0, 0.1) is 5.41 Å². The lowest BCUT2D eigenvalue weighted by Gasteiger charge is -2.39. The second kappa shape index (κ2) is 3.35.